The molecule has 0 heterocycles. The molecule has 0 bridgehead atoms. The first-order valence-electron chi connectivity index (χ1n) is 5.16. The van der Waals surface area contributed by atoms with Crippen molar-refractivity contribution in [1.29, 1.82) is 0 Å². The third kappa shape index (κ3) is 3.43. The van der Waals surface area contributed by atoms with Crippen LogP contribution in [-0.2, 0) is 20.4 Å². The molecule has 0 radical (unpaired) electrons. The van der Waals surface area contributed by atoms with Crippen molar-refractivity contribution >= 4 is 27.4 Å². The van der Waals surface area contributed by atoms with Crippen molar-refractivity contribution in [3.63, 3.8) is 0 Å². The molecule has 0 aromatic heterocycles. The molecular weight excluding hydrogens is 283 g/mol. The van der Waals surface area contributed by atoms with Crippen LogP contribution in [0.1, 0.15) is 18.9 Å². The Labute approximate surface area is 109 Å². The van der Waals surface area contributed by atoms with Crippen LogP contribution in [0.4, 0.5) is 4.39 Å². The lowest BCUT2D eigenvalue weighted by molar-refractivity contribution is -0.136. The zero-order chi connectivity index (χ0) is 13.9. The zero-order valence-electron chi connectivity index (χ0n) is 9.56. The maximum Gasteiger partial charge on any atom is 0.321 e. The number of halogens is 2. The monoisotopic (exact) mass is 294 g/mol. The molecule has 100 valence electrons. The van der Waals surface area contributed by atoms with E-state index < -0.39 is 32.6 Å². The molecular formula is C11H12ClFO4S. The van der Waals surface area contributed by atoms with E-state index in [9.17, 15) is 17.6 Å². The van der Waals surface area contributed by atoms with Gasteiger partial charge >= 0.3 is 5.97 Å². The Morgan fingerprint density at radius 3 is 2.56 bits per heavy atom. The number of hydrogen-bond acceptors (Lipinski definition) is 3. The normalized spacial score (nSPS) is 13.3. The number of hydrogen-bond donors (Lipinski definition) is 1. The van der Waals surface area contributed by atoms with E-state index in [0.29, 0.717) is 0 Å². The van der Waals surface area contributed by atoms with Crippen LogP contribution in [-0.4, -0.2) is 24.7 Å². The number of benzene rings is 1. The van der Waals surface area contributed by atoms with Gasteiger partial charge in [0.05, 0.1) is 10.8 Å². The first-order chi connectivity index (χ1) is 8.27. The molecule has 1 aromatic rings. The second kappa shape index (κ2) is 5.67. The highest BCUT2D eigenvalue weighted by molar-refractivity contribution is 7.92. The van der Waals surface area contributed by atoms with E-state index >= 15 is 0 Å². The Morgan fingerprint density at radius 1 is 1.50 bits per heavy atom. The first kappa shape index (κ1) is 14.9. The number of sulfone groups is 1. The van der Waals surface area contributed by atoms with Crippen LogP contribution in [0, 0.1) is 5.82 Å². The second-order valence-electron chi connectivity index (χ2n) is 3.79. The minimum Gasteiger partial charge on any atom is -0.480 e. The van der Waals surface area contributed by atoms with Crippen molar-refractivity contribution in [3.05, 3.63) is 34.6 Å². The third-order valence-corrected chi connectivity index (χ3v) is 4.88. The lowest BCUT2D eigenvalue weighted by Gasteiger charge is -2.11. The summed E-state index contributed by atoms with van der Waals surface area (Å²) in [6.07, 6.45) is -0.0340. The number of aliphatic carboxylic acids is 1. The van der Waals surface area contributed by atoms with E-state index in [-0.39, 0.29) is 17.0 Å². The number of rotatable bonds is 5. The van der Waals surface area contributed by atoms with Gasteiger partial charge in [-0.05, 0) is 24.1 Å². The summed E-state index contributed by atoms with van der Waals surface area (Å²) in [5.74, 6) is -2.65. The van der Waals surface area contributed by atoms with Crippen molar-refractivity contribution in [2.75, 3.05) is 0 Å². The molecule has 7 heteroatoms. The largest absolute Gasteiger partial charge is 0.480 e. The Morgan fingerprint density at radius 2 is 2.11 bits per heavy atom. The standard InChI is InChI=1S/C11H12ClFO4S/c1-2-10(11(14)15)18(16,17)6-7-3-4-8(12)9(13)5-7/h3-5,10H,2,6H2,1H3,(H,14,15). The third-order valence-electron chi connectivity index (χ3n) is 2.43. The van der Waals surface area contributed by atoms with Crippen molar-refractivity contribution in [1.82, 2.24) is 0 Å². The lowest BCUT2D eigenvalue weighted by atomic mass is 10.2. The van der Waals surface area contributed by atoms with Gasteiger partial charge in [-0.25, -0.2) is 12.8 Å². The van der Waals surface area contributed by atoms with Gasteiger partial charge in [-0.1, -0.05) is 24.6 Å². The van der Waals surface area contributed by atoms with E-state index in [2.05, 4.69) is 0 Å². The van der Waals surface area contributed by atoms with Gasteiger partial charge in [0, 0.05) is 0 Å². The van der Waals surface area contributed by atoms with E-state index in [1.807, 2.05) is 0 Å². The fourth-order valence-corrected chi connectivity index (χ4v) is 3.32. The van der Waals surface area contributed by atoms with E-state index in [1.54, 1.807) is 0 Å². The van der Waals surface area contributed by atoms with E-state index in [4.69, 9.17) is 16.7 Å². The summed E-state index contributed by atoms with van der Waals surface area (Å²) in [5, 5.41) is 7.23. The highest BCUT2D eigenvalue weighted by atomic mass is 35.5. The molecule has 0 saturated carbocycles. The summed E-state index contributed by atoms with van der Waals surface area (Å²) >= 11 is 5.47. The zero-order valence-corrected chi connectivity index (χ0v) is 11.1. The Bertz CT molecular complexity index is 556. The van der Waals surface area contributed by atoms with Crippen molar-refractivity contribution in [3.8, 4) is 0 Å². The van der Waals surface area contributed by atoms with Gasteiger partial charge in [0.25, 0.3) is 0 Å². The molecule has 0 amide bonds. The lowest BCUT2D eigenvalue weighted by Crippen LogP contribution is -2.30. The molecule has 1 rings (SSSR count). The molecule has 1 unspecified atom stereocenters. The van der Waals surface area contributed by atoms with Gasteiger partial charge in [0.15, 0.2) is 15.1 Å². The minimum absolute atomic E-state index is 0.0340. The summed E-state index contributed by atoms with van der Waals surface area (Å²) in [6.45, 7) is 1.47. The van der Waals surface area contributed by atoms with Crippen molar-refractivity contribution in [2.24, 2.45) is 0 Å². The molecule has 18 heavy (non-hydrogen) atoms. The van der Waals surface area contributed by atoms with Crippen LogP contribution in [0.5, 0.6) is 0 Å². The van der Waals surface area contributed by atoms with Gasteiger partial charge in [-0.3, -0.25) is 4.79 Å². The highest BCUT2D eigenvalue weighted by Gasteiger charge is 2.30. The maximum absolute atomic E-state index is 13.2. The molecule has 0 aliphatic heterocycles. The number of carbonyl (C=O) groups is 1. The Hall–Kier alpha value is -1.14. The van der Waals surface area contributed by atoms with Crippen LogP contribution in [0.3, 0.4) is 0 Å². The molecule has 1 aromatic carbocycles. The van der Waals surface area contributed by atoms with Gasteiger partial charge < -0.3 is 5.11 Å². The van der Waals surface area contributed by atoms with E-state index in [0.717, 1.165) is 6.07 Å². The summed E-state index contributed by atoms with van der Waals surface area (Å²) in [6, 6.07) is 3.59. The fraction of sp³-hybridized carbons (Fsp3) is 0.364. The molecule has 4 nitrogen and oxygen atoms in total. The molecule has 1 atom stereocenters. The van der Waals surface area contributed by atoms with Crippen LogP contribution in [0.15, 0.2) is 18.2 Å². The fourth-order valence-electron chi connectivity index (χ4n) is 1.54. The molecule has 1 N–H and O–H groups in total. The van der Waals surface area contributed by atoms with Gasteiger partial charge in [0.1, 0.15) is 5.82 Å². The summed E-state index contributed by atoms with van der Waals surface area (Å²) in [4.78, 5) is 10.8. The van der Waals surface area contributed by atoms with Gasteiger partial charge in [-0.15, -0.1) is 0 Å². The molecule has 0 saturated heterocycles. The van der Waals surface area contributed by atoms with Crippen molar-refractivity contribution < 1.29 is 22.7 Å². The number of carboxylic acids is 1. The smallest absolute Gasteiger partial charge is 0.321 e. The molecule has 0 spiro atoms. The van der Waals surface area contributed by atoms with Crippen LogP contribution < -0.4 is 0 Å². The van der Waals surface area contributed by atoms with Gasteiger partial charge in [0.2, 0.25) is 0 Å². The van der Waals surface area contributed by atoms with Crippen LogP contribution in [0.2, 0.25) is 5.02 Å². The Balaban J connectivity index is 3.01. The quantitative estimate of drug-likeness (QED) is 0.904. The molecule has 0 aliphatic rings. The predicted octanol–water partition coefficient (Wildman–Crippen LogP) is 2.26. The van der Waals surface area contributed by atoms with Crippen molar-refractivity contribution in [2.45, 2.75) is 24.3 Å². The molecule has 0 fully saturated rings. The summed E-state index contributed by atoms with van der Waals surface area (Å²) < 4.78 is 36.8. The van der Waals surface area contributed by atoms with Crippen LogP contribution in [0.25, 0.3) is 0 Å². The average Bonchev–Trinajstić information content (AvgIpc) is 2.22. The summed E-state index contributed by atoms with van der Waals surface area (Å²) in [7, 11) is -3.86. The highest BCUT2D eigenvalue weighted by Crippen LogP contribution is 2.19. The van der Waals surface area contributed by atoms with E-state index in [1.165, 1.54) is 19.1 Å². The number of carboxylic acid groups (broad SMARTS) is 1. The topological polar surface area (TPSA) is 71.4 Å². The first-order valence-corrected chi connectivity index (χ1v) is 7.25. The molecule has 0 aliphatic carbocycles. The predicted molar refractivity (Wildman–Crippen MR) is 65.7 cm³/mol. The minimum atomic E-state index is -3.86. The second-order valence-corrected chi connectivity index (χ2v) is 6.38. The average molecular weight is 295 g/mol. The SMILES string of the molecule is CCC(C(=O)O)S(=O)(=O)Cc1ccc(Cl)c(F)c1. The van der Waals surface area contributed by atoms with Crippen LogP contribution >= 0.6 is 11.6 Å². The van der Waals surface area contributed by atoms with Gasteiger partial charge in [-0.2, -0.15) is 0 Å². The Kier molecular flexibility index (Phi) is 4.70. The summed E-state index contributed by atoms with van der Waals surface area (Å²) in [5.41, 5.74) is 0.177. The maximum atomic E-state index is 13.2.